The van der Waals surface area contributed by atoms with Gasteiger partial charge in [-0.2, -0.15) is 0 Å². The van der Waals surface area contributed by atoms with Gasteiger partial charge in [-0.1, -0.05) is 12.1 Å². The summed E-state index contributed by atoms with van der Waals surface area (Å²) >= 11 is 0. The molecule has 212 valence electrons. The van der Waals surface area contributed by atoms with Gasteiger partial charge in [0.15, 0.2) is 5.82 Å². The maximum Gasteiger partial charge on any atom is 0.310 e. The molecule has 0 aliphatic heterocycles. The second-order valence-corrected chi connectivity index (χ2v) is 12.1. The van der Waals surface area contributed by atoms with Gasteiger partial charge in [0.2, 0.25) is 0 Å². The van der Waals surface area contributed by atoms with Crippen molar-refractivity contribution in [1.82, 2.24) is 9.71 Å². The van der Waals surface area contributed by atoms with Gasteiger partial charge >= 0.3 is 5.97 Å². The Hall–Kier alpha value is -3.76. The molecule has 0 saturated heterocycles. The number of furan rings is 1. The van der Waals surface area contributed by atoms with E-state index in [1.165, 1.54) is 6.20 Å². The Balaban J connectivity index is 1.58. The molecular weight excluding hydrogens is 535 g/mol. The lowest BCUT2D eigenvalue weighted by atomic mass is 10.0. The molecule has 0 fully saturated rings. The van der Waals surface area contributed by atoms with Crippen LogP contribution in [0, 0.1) is 5.82 Å². The summed E-state index contributed by atoms with van der Waals surface area (Å²) in [6, 6.07) is 12.2. The third-order valence-electron chi connectivity index (χ3n) is 6.15. The van der Waals surface area contributed by atoms with Crippen molar-refractivity contribution in [2.24, 2.45) is 0 Å². The highest BCUT2D eigenvalue weighted by Crippen LogP contribution is 2.32. The Morgan fingerprint density at radius 2 is 1.93 bits per heavy atom. The second kappa shape index (κ2) is 12.6. The molecule has 0 amide bonds. The Morgan fingerprint density at radius 3 is 2.65 bits per heavy atom. The number of fused-ring (bicyclic) bond motifs is 1. The van der Waals surface area contributed by atoms with Crippen LogP contribution in [0.15, 0.2) is 59.3 Å². The van der Waals surface area contributed by atoms with Crippen molar-refractivity contribution in [3.8, 4) is 22.6 Å². The number of methoxy groups -OCH3 is 1. The highest BCUT2D eigenvalue weighted by Gasteiger charge is 2.21. The van der Waals surface area contributed by atoms with Gasteiger partial charge in [-0.15, -0.1) is 0 Å². The van der Waals surface area contributed by atoms with Crippen molar-refractivity contribution in [1.29, 1.82) is 0 Å². The van der Waals surface area contributed by atoms with Crippen molar-refractivity contribution in [2.45, 2.75) is 52.0 Å². The minimum Gasteiger partial charge on any atom is -0.497 e. The van der Waals surface area contributed by atoms with Crippen molar-refractivity contribution in [3.05, 3.63) is 77.6 Å². The van der Waals surface area contributed by atoms with Crippen LogP contribution in [0.5, 0.6) is 11.5 Å². The molecule has 0 saturated carbocycles. The van der Waals surface area contributed by atoms with Crippen LogP contribution in [-0.2, 0) is 40.1 Å². The third-order valence-corrected chi connectivity index (χ3v) is 7.67. The van der Waals surface area contributed by atoms with Gasteiger partial charge < -0.3 is 18.6 Å². The molecule has 1 atom stereocenters. The van der Waals surface area contributed by atoms with E-state index >= 15 is 4.39 Å². The largest absolute Gasteiger partial charge is 0.497 e. The van der Waals surface area contributed by atoms with Gasteiger partial charge in [-0.05, 0) is 57.5 Å². The number of hydrogen-bond acceptors (Lipinski definition) is 7. The Morgan fingerprint density at radius 1 is 1.12 bits per heavy atom. The molecule has 0 aliphatic carbocycles. The van der Waals surface area contributed by atoms with Crippen LogP contribution in [0.4, 0.5) is 4.39 Å². The molecule has 4 aromatic rings. The summed E-state index contributed by atoms with van der Waals surface area (Å²) in [5.74, 6) is 0.241. The Labute approximate surface area is 235 Å². The molecule has 2 heterocycles. The quantitative estimate of drug-likeness (QED) is 0.226. The molecule has 1 N–H and O–H groups in total. The van der Waals surface area contributed by atoms with Gasteiger partial charge in [-0.3, -0.25) is 9.78 Å². The van der Waals surface area contributed by atoms with Crippen molar-refractivity contribution in [2.75, 3.05) is 13.7 Å². The van der Waals surface area contributed by atoms with Gasteiger partial charge in [0.1, 0.15) is 23.7 Å². The molecule has 0 spiro atoms. The third kappa shape index (κ3) is 6.86. The monoisotopic (exact) mass is 568 g/mol. The topological polar surface area (TPSA) is 99.9 Å². The van der Waals surface area contributed by atoms with E-state index in [2.05, 4.69) is 9.71 Å². The molecule has 4 rings (SSSR count). The lowest BCUT2D eigenvalue weighted by molar-refractivity contribution is -0.142. The fourth-order valence-corrected chi connectivity index (χ4v) is 4.71. The van der Waals surface area contributed by atoms with E-state index in [1.54, 1.807) is 56.7 Å². The van der Waals surface area contributed by atoms with Gasteiger partial charge in [0, 0.05) is 34.3 Å². The van der Waals surface area contributed by atoms with E-state index in [4.69, 9.17) is 18.6 Å². The fraction of sp³-hybridized carbons (Fsp3) is 0.333. The number of halogens is 1. The minimum atomic E-state index is -1.36. The summed E-state index contributed by atoms with van der Waals surface area (Å²) in [5.41, 5.74) is 3.22. The van der Waals surface area contributed by atoms with E-state index in [0.29, 0.717) is 40.4 Å². The number of esters is 1. The standard InChI is InChI=1S/C30H33FN2O6S/c1-6-37-28(34)14-20-7-9-22(36-5)15-27(20)39-18-21-17-38-26-10-8-19(13-24(21)26)23-11-12-32-25(29(23)31)16-33-40(35)30(2,3)4/h7-13,15,17,33H,6,14,16,18H2,1-5H3. The number of carbonyl (C=O) groups is 1. The molecule has 2 aromatic heterocycles. The lowest BCUT2D eigenvalue weighted by Gasteiger charge is -2.18. The molecule has 0 radical (unpaired) electrons. The summed E-state index contributed by atoms with van der Waals surface area (Å²) in [6.45, 7) is 7.75. The fourth-order valence-electron chi connectivity index (χ4n) is 4.01. The van der Waals surface area contributed by atoms with Gasteiger partial charge in [-0.25, -0.2) is 13.3 Å². The maximum absolute atomic E-state index is 15.5. The van der Waals surface area contributed by atoms with Crippen molar-refractivity contribution < 1.29 is 32.0 Å². The van der Waals surface area contributed by atoms with E-state index in [1.807, 2.05) is 26.8 Å². The zero-order valence-corrected chi connectivity index (χ0v) is 24.0. The summed E-state index contributed by atoms with van der Waals surface area (Å²) in [4.78, 5) is 16.2. The molecular formula is C30H33FN2O6S. The van der Waals surface area contributed by atoms with Crippen LogP contribution in [-0.4, -0.2) is 33.6 Å². The summed E-state index contributed by atoms with van der Waals surface area (Å²) in [5, 5.41) is 0.761. The first-order valence-electron chi connectivity index (χ1n) is 12.8. The van der Waals surface area contributed by atoms with Crippen molar-refractivity contribution in [3.63, 3.8) is 0 Å². The zero-order valence-electron chi connectivity index (χ0n) is 23.2. The molecule has 0 aliphatic rings. The zero-order chi connectivity index (χ0) is 28.9. The van der Waals surface area contributed by atoms with Crippen LogP contribution in [0.25, 0.3) is 22.1 Å². The van der Waals surface area contributed by atoms with Crippen molar-refractivity contribution >= 4 is 27.9 Å². The predicted molar refractivity (Wildman–Crippen MR) is 152 cm³/mol. The van der Waals surface area contributed by atoms with Crippen LogP contribution in [0.3, 0.4) is 0 Å². The second-order valence-electron chi connectivity index (χ2n) is 10.0. The number of carbonyl (C=O) groups excluding carboxylic acids is 1. The normalized spacial score (nSPS) is 12.3. The van der Waals surface area contributed by atoms with Crippen LogP contribution >= 0.6 is 0 Å². The number of rotatable bonds is 11. The maximum atomic E-state index is 15.5. The van der Waals surface area contributed by atoms with Crippen LogP contribution in [0.2, 0.25) is 0 Å². The highest BCUT2D eigenvalue weighted by molar-refractivity contribution is 7.84. The lowest BCUT2D eigenvalue weighted by Crippen LogP contribution is -2.33. The minimum absolute atomic E-state index is 0.0330. The van der Waals surface area contributed by atoms with Gasteiger partial charge in [0.25, 0.3) is 0 Å². The SMILES string of the molecule is CCOC(=O)Cc1ccc(OC)cc1OCc1coc2ccc(-c3ccnc(CNS(=O)C(C)(C)C)c3F)cc12. The number of nitrogens with one attached hydrogen (secondary N) is 1. The summed E-state index contributed by atoms with van der Waals surface area (Å²) in [7, 11) is 0.198. The van der Waals surface area contributed by atoms with E-state index in [0.717, 1.165) is 10.9 Å². The summed E-state index contributed by atoms with van der Waals surface area (Å²) in [6.07, 6.45) is 3.19. The number of benzene rings is 2. The number of aromatic nitrogens is 1. The van der Waals surface area contributed by atoms with E-state index < -0.39 is 21.5 Å². The predicted octanol–water partition coefficient (Wildman–Crippen LogP) is 5.88. The molecule has 2 aromatic carbocycles. The van der Waals surface area contributed by atoms with Crippen LogP contribution < -0.4 is 14.2 Å². The number of ether oxygens (including phenoxy) is 3. The molecule has 10 heteroatoms. The van der Waals surface area contributed by atoms with E-state index in [9.17, 15) is 9.00 Å². The van der Waals surface area contributed by atoms with Gasteiger partial charge in [0.05, 0.1) is 54.4 Å². The first kappa shape index (κ1) is 29.2. The first-order valence-corrected chi connectivity index (χ1v) is 14.0. The average molecular weight is 569 g/mol. The Kier molecular flexibility index (Phi) is 9.21. The molecule has 0 bridgehead atoms. The highest BCUT2D eigenvalue weighted by atomic mass is 32.2. The molecule has 1 unspecified atom stereocenters. The Bertz CT molecular complexity index is 1530. The number of pyridine rings is 1. The molecule has 8 nitrogen and oxygen atoms in total. The van der Waals surface area contributed by atoms with E-state index in [-0.39, 0.29) is 31.2 Å². The number of nitrogens with zero attached hydrogens (tertiary/aromatic N) is 1. The smallest absolute Gasteiger partial charge is 0.310 e. The summed E-state index contributed by atoms with van der Waals surface area (Å²) < 4.78 is 52.5. The average Bonchev–Trinajstić information content (AvgIpc) is 3.33. The van der Waals surface area contributed by atoms with Crippen LogP contribution in [0.1, 0.15) is 44.5 Å². The molecule has 40 heavy (non-hydrogen) atoms. The number of hydrogen-bond donors (Lipinski definition) is 1. The first-order chi connectivity index (χ1) is 19.1.